The van der Waals surface area contributed by atoms with Crippen LogP contribution < -0.4 is 5.73 Å². The van der Waals surface area contributed by atoms with Crippen LogP contribution in [-0.2, 0) is 24.2 Å². The van der Waals surface area contributed by atoms with Crippen LogP contribution in [0.1, 0.15) is 26.7 Å². The van der Waals surface area contributed by atoms with Gasteiger partial charge in [0.05, 0.1) is 22.6 Å². The number of carboxylic acids is 2. The number of nitrogens with two attached hydrogens (primary N) is 1. The maximum atomic E-state index is 13.6. The van der Waals surface area contributed by atoms with E-state index in [0.29, 0.717) is 0 Å². The van der Waals surface area contributed by atoms with E-state index < -0.39 is 67.9 Å². The van der Waals surface area contributed by atoms with Gasteiger partial charge in [-0.05, 0) is 30.4 Å². The Balaban J connectivity index is 2.34. The van der Waals surface area contributed by atoms with Crippen LogP contribution in [0, 0.1) is 28.6 Å². The van der Waals surface area contributed by atoms with Crippen molar-refractivity contribution in [2.45, 2.75) is 36.8 Å². The molecule has 2 saturated carbocycles. The Hall–Kier alpha value is -2.26. The minimum Gasteiger partial charge on any atom is -0.481 e. The molecule has 4 N–H and O–H groups in total. The Morgan fingerprint density at radius 3 is 2.10 bits per heavy atom. The van der Waals surface area contributed by atoms with Gasteiger partial charge in [-0.15, -0.1) is 0 Å². The van der Waals surface area contributed by atoms with Crippen LogP contribution in [-0.4, -0.2) is 48.1 Å². The number of carbonyl (C=O) groups excluding carboxylic acids is 1. The van der Waals surface area contributed by atoms with E-state index in [0.717, 1.165) is 0 Å². The van der Waals surface area contributed by atoms with Crippen molar-refractivity contribution < 1.29 is 33.0 Å². The standard InChI is InChI=1S/C20H25NO7S/c1-3-12-16(29(27,28)11-8-6-5-7-9-11)14-15(17(23)24)19(14,4-2)20(12,18(25)26)13(22)10-21/h5-9,12,14-16H,3-4,10,21H2,1-2H3,(H,23,24)(H,25,26). The molecule has 0 spiro atoms. The highest BCUT2D eigenvalue weighted by molar-refractivity contribution is 7.92. The molecule has 2 fully saturated rings. The van der Waals surface area contributed by atoms with Gasteiger partial charge in [-0.3, -0.25) is 14.4 Å². The van der Waals surface area contributed by atoms with Crippen LogP contribution in [0.25, 0.3) is 0 Å². The fourth-order valence-electron chi connectivity index (χ4n) is 6.23. The van der Waals surface area contributed by atoms with Crippen molar-refractivity contribution in [1.29, 1.82) is 0 Å². The summed E-state index contributed by atoms with van der Waals surface area (Å²) in [6.45, 7) is 2.65. The molecule has 29 heavy (non-hydrogen) atoms. The van der Waals surface area contributed by atoms with Crippen LogP contribution in [0.4, 0.5) is 0 Å². The molecule has 0 amide bonds. The van der Waals surface area contributed by atoms with Gasteiger partial charge in [0.1, 0.15) is 5.41 Å². The number of carboxylic acid groups (broad SMARTS) is 2. The first-order valence-electron chi connectivity index (χ1n) is 9.59. The molecular formula is C20H25NO7S. The van der Waals surface area contributed by atoms with Gasteiger partial charge in [0.2, 0.25) is 0 Å². The van der Waals surface area contributed by atoms with Crippen molar-refractivity contribution in [2.75, 3.05) is 6.54 Å². The minimum absolute atomic E-state index is 0.00845. The van der Waals surface area contributed by atoms with Crippen LogP contribution in [0.15, 0.2) is 35.2 Å². The van der Waals surface area contributed by atoms with Crippen LogP contribution in [0.2, 0.25) is 0 Å². The highest BCUT2D eigenvalue weighted by Crippen LogP contribution is 2.81. The van der Waals surface area contributed by atoms with Gasteiger partial charge in [0, 0.05) is 5.41 Å². The molecule has 0 bridgehead atoms. The molecule has 1 aromatic rings. The van der Waals surface area contributed by atoms with Gasteiger partial charge < -0.3 is 15.9 Å². The number of Topliss-reactive ketones (excluding diaryl/α,β-unsaturated/α-hetero) is 1. The summed E-state index contributed by atoms with van der Waals surface area (Å²) < 4.78 is 27.1. The van der Waals surface area contributed by atoms with E-state index in [1.54, 1.807) is 32.0 Å². The fraction of sp³-hybridized carbons (Fsp3) is 0.550. The quantitative estimate of drug-likeness (QED) is 0.527. The first-order valence-corrected chi connectivity index (χ1v) is 11.1. The van der Waals surface area contributed by atoms with Gasteiger partial charge in [0.25, 0.3) is 0 Å². The Bertz CT molecular complexity index is 960. The Morgan fingerprint density at radius 1 is 1.10 bits per heavy atom. The summed E-state index contributed by atoms with van der Waals surface area (Å²) in [5.74, 6) is -6.84. The molecule has 2 aliphatic rings. The normalized spacial score (nSPS) is 35.7. The molecule has 0 aromatic heterocycles. The third-order valence-corrected chi connectivity index (χ3v) is 9.39. The highest BCUT2D eigenvalue weighted by atomic mass is 32.2. The number of fused-ring (bicyclic) bond motifs is 1. The van der Waals surface area contributed by atoms with E-state index in [-0.39, 0.29) is 17.7 Å². The second-order valence-corrected chi connectivity index (χ2v) is 9.92. The predicted molar refractivity (Wildman–Crippen MR) is 103 cm³/mol. The van der Waals surface area contributed by atoms with Crippen LogP contribution in [0.5, 0.6) is 0 Å². The number of hydrogen-bond acceptors (Lipinski definition) is 6. The van der Waals surface area contributed by atoms with Gasteiger partial charge >= 0.3 is 11.9 Å². The summed E-state index contributed by atoms with van der Waals surface area (Å²) in [5, 5.41) is 18.8. The van der Waals surface area contributed by atoms with Crippen molar-refractivity contribution in [3.63, 3.8) is 0 Å². The molecule has 6 atom stereocenters. The first kappa shape index (κ1) is 21.4. The number of ketones is 1. The zero-order valence-electron chi connectivity index (χ0n) is 16.2. The molecule has 0 aliphatic heterocycles. The fourth-order valence-corrected chi connectivity index (χ4v) is 8.70. The van der Waals surface area contributed by atoms with E-state index in [4.69, 9.17) is 5.73 Å². The number of benzene rings is 1. The molecule has 3 rings (SSSR count). The van der Waals surface area contributed by atoms with Crippen molar-refractivity contribution in [1.82, 2.24) is 0 Å². The van der Waals surface area contributed by atoms with Gasteiger partial charge in [-0.2, -0.15) is 0 Å². The van der Waals surface area contributed by atoms with E-state index in [1.807, 2.05) is 0 Å². The highest BCUT2D eigenvalue weighted by Gasteiger charge is 2.90. The number of sulfone groups is 1. The average molecular weight is 423 g/mol. The van der Waals surface area contributed by atoms with Gasteiger partial charge in [-0.1, -0.05) is 38.5 Å². The number of rotatable bonds is 8. The van der Waals surface area contributed by atoms with E-state index in [2.05, 4.69) is 0 Å². The lowest BCUT2D eigenvalue weighted by Gasteiger charge is -2.40. The molecule has 1 aromatic carbocycles. The molecular weight excluding hydrogens is 398 g/mol. The molecule has 2 aliphatic carbocycles. The number of hydrogen-bond donors (Lipinski definition) is 3. The second-order valence-electron chi connectivity index (χ2n) is 7.81. The van der Waals surface area contributed by atoms with Crippen molar-refractivity contribution in [3.8, 4) is 0 Å². The smallest absolute Gasteiger partial charge is 0.318 e. The predicted octanol–water partition coefficient (Wildman–Crippen LogP) is 1.19. The molecule has 8 nitrogen and oxygen atoms in total. The first-order chi connectivity index (χ1) is 13.6. The second kappa shape index (κ2) is 6.91. The van der Waals surface area contributed by atoms with Crippen molar-refractivity contribution in [3.05, 3.63) is 30.3 Å². The largest absolute Gasteiger partial charge is 0.481 e. The van der Waals surface area contributed by atoms with E-state index in [1.165, 1.54) is 12.1 Å². The summed E-state index contributed by atoms with van der Waals surface area (Å²) in [6.07, 6.45) is 0.156. The zero-order valence-corrected chi connectivity index (χ0v) is 17.1. The third kappa shape index (κ3) is 2.40. The summed E-state index contributed by atoms with van der Waals surface area (Å²) >= 11 is 0. The lowest BCUT2D eigenvalue weighted by atomic mass is 9.61. The topological polar surface area (TPSA) is 152 Å². The van der Waals surface area contributed by atoms with E-state index >= 15 is 0 Å². The monoisotopic (exact) mass is 423 g/mol. The van der Waals surface area contributed by atoms with Crippen LogP contribution >= 0.6 is 0 Å². The summed E-state index contributed by atoms with van der Waals surface area (Å²) in [7, 11) is -4.09. The lowest BCUT2D eigenvalue weighted by Crippen LogP contribution is -2.55. The molecule has 0 saturated heterocycles. The Labute approximate surface area is 169 Å². The van der Waals surface area contributed by atoms with Gasteiger partial charge in [-0.25, -0.2) is 8.42 Å². The number of carbonyl (C=O) groups is 3. The summed E-state index contributed by atoms with van der Waals surface area (Å²) in [5.41, 5.74) is 1.94. The van der Waals surface area contributed by atoms with Crippen LogP contribution in [0.3, 0.4) is 0 Å². The summed E-state index contributed by atoms with van der Waals surface area (Å²) in [6, 6.07) is 7.55. The van der Waals surface area contributed by atoms with Crippen molar-refractivity contribution >= 4 is 27.6 Å². The Morgan fingerprint density at radius 2 is 1.69 bits per heavy atom. The number of aliphatic carboxylic acids is 2. The maximum Gasteiger partial charge on any atom is 0.318 e. The molecule has 0 heterocycles. The zero-order chi connectivity index (χ0) is 21.8. The molecule has 158 valence electrons. The maximum absolute atomic E-state index is 13.6. The molecule has 0 radical (unpaired) electrons. The van der Waals surface area contributed by atoms with Gasteiger partial charge in [0.15, 0.2) is 15.6 Å². The summed E-state index contributed by atoms with van der Waals surface area (Å²) in [4.78, 5) is 37.7. The minimum atomic E-state index is -4.09. The SMILES string of the molecule is CCC1C(S(=O)(=O)c2ccccc2)C2C(C(=O)O)C2(CC)C1(C(=O)O)C(=O)CN. The Kier molecular flexibility index (Phi) is 5.11. The molecule has 6 unspecified atom stereocenters. The lowest BCUT2D eigenvalue weighted by molar-refractivity contribution is -0.165. The van der Waals surface area contributed by atoms with Crippen molar-refractivity contribution in [2.24, 2.45) is 34.3 Å². The average Bonchev–Trinajstić information content (AvgIpc) is 3.29. The third-order valence-electron chi connectivity index (χ3n) is 7.12. The molecule has 9 heteroatoms. The van der Waals surface area contributed by atoms with E-state index in [9.17, 15) is 33.0 Å².